The maximum atomic E-state index is 12.8. The van der Waals surface area contributed by atoms with E-state index in [1.54, 1.807) is 0 Å². The maximum absolute atomic E-state index is 12.8. The summed E-state index contributed by atoms with van der Waals surface area (Å²) in [4.78, 5) is 22.3. The second-order valence-corrected chi connectivity index (χ2v) is 7.51. The summed E-state index contributed by atoms with van der Waals surface area (Å²) in [5.41, 5.74) is 0. The van der Waals surface area contributed by atoms with Gasteiger partial charge in [-0.1, -0.05) is 6.07 Å². The summed E-state index contributed by atoms with van der Waals surface area (Å²) < 4.78 is 2.19. The highest BCUT2D eigenvalue weighted by molar-refractivity contribution is 7.12. The van der Waals surface area contributed by atoms with E-state index in [9.17, 15) is 4.79 Å². The molecule has 0 spiro atoms. The SMILES string of the molecule is CC(C)N(C)CC1CN(C(=O)c2cccs2)Cc2nccn2C1. The second kappa shape index (κ2) is 6.84. The van der Waals surface area contributed by atoms with Gasteiger partial charge in [-0.2, -0.15) is 0 Å². The van der Waals surface area contributed by atoms with Crippen molar-refractivity contribution in [1.29, 1.82) is 0 Å². The van der Waals surface area contributed by atoms with Gasteiger partial charge in [-0.05, 0) is 32.3 Å². The number of imidazole rings is 1. The van der Waals surface area contributed by atoms with Gasteiger partial charge in [0.05, 0.1) is 11.4 Å². The molecule has 3 rings (SSSR count). The quantitative estimate of drug-likeness (QED) is 0.864. The summed E-state index contributed by atoms with van der Waals surface area (Å²) in [7, 11) is 2.15. The van der Waals surface area contributed by atoms with Crippen LogP contribution in [0.5, 0.6) is 0 Å². The number of thiophene rings is 1. The van der Waals surface area contributed by atoms with E-state index in [-0.39, 0.29) is 5.91 Å². The predicted molar refractivity (Wildman–Crippen MR) is 92.5 cm³/mol. The lowest BCUT2D eigenvalue weighted by molar-refractivity contribution is 0.0707. The van der Waals surface area contributed by atoms with E-state index in [4.69, 9.17) is 0 Å². The number of rotatable bonds is 4. The number of aromatic nitrogens is 2. The minimum Gasteiger partial charge on any atom is -0.333 e. The first-order chi connectivity index (χ1) is 11.0. The Labute approximate surface area is 141 Å². The highest BCUT2D eigenvalue weighted by Gasteiger charge is 2.27. The maximum Gasteiger partial charge on any atom is 0.264 e. The molecule has 0 saturated carbocycles. The van der Waals surface area contributed by atoms with Crippen molar-refractivity contribution < 1.29 is 4.79 Å². The average molecular weight is 332 g/mol. The van der Waals surface area contributed by atoms with E-state index in [0.29, 0.717) is 18.5 Å². The molecule has 1 atom stereocenters. The van der Waals surface area contributed by atoms with Gasteiger partial charge in [-0.25, -0.2) is 4.98 Å². The molecule has 0 N–H and O–H groups in total. The van der Waals surface area contributed by atoms with Gasteiger partial charge in [-0.3, -0.25) is 4.79 Å². The Balaban J connectivity index is 1.81. The Morgan fingerprint density at radius 3 is 3.00 bits per heavy atom. The molecule has 0 radical (unpaired) electrons. The van der Waals surface area contributed by atoms with Crippen molar-refractivity contribution in [2.45, 2.75) is 33.0 Å². The molecule has 0 saturated heterocycles. The Morgan fingerprint density at radius 1 is 1.48 bits per heavy atom. The third-order valence-corrected chi connectivity index (χ3v) is 5.37. The fourth-order valence-corrected chi connectivity index (χ4v) is 3.68. The van der Waals surface area contributed by atoms with E-state index >= 15 is 0 Å². The van der Waals surface area contributed by atoms with E-state index in [2.05, 4.69) is 35.3 Å². The molecule has 6 heteroatoms. The van der Waals surface area contributed by atoms with Crippen LogP contribution in [0.25, 0.3) is 0 Å². The molecule has 1 unspecified atom stereocenters. The van der Waals surface area contributed by atoms with Crippen LogP contribution < -0.4 is 0 Å². The normalized spacial score (nSPS) is 18.3. The van der Waals surface area contributed by atoms with E-state index in [1.165, 1.54) is 11.3 Å². The zero-order chi connectivity index (χ0) is 16.4. The smallest absolute Gasteiger partial charge is 0.264 e. The third kappa shape index (κ3) is 3.64. The molecule has 0 fully saturated rings. The van der Waals surface area contributed by atoms with Gasteiger partial charge < -0.3 is 14.4 Å². The molecule has 124 valence electrons. The zero-order valence-electron chi connectivity index (χ0n) is 14.0. The molecule has 2 aromatic rings. The van der Waals surface area contributed by atoms with Crippen LogP contribution in [0.1, 0.15) is 29.3 Å². The van der Waals surface area contributed by atoms with Crippen molar-refractivity contribution in [2.75, 3.05) is 20.1 Å². The summed E-state index contributed by atoms with van der Waals surface area (Å²) in [6.07, 6.45) is 3.86. The summed E-state index contributed by atoms with van der Waals surface area (Å²) in [6, 6.07) is 4.34. The number of nitrogens with zero attached hydrogens (tertiary/aromatic N) is 4. The van der Waals surface area contributed by atoms with Gasteiger partial charge in [0.15, 0.2) is 0 Å². The molecule has 0 aromatic carbocycles. The lowest BCUT2D eigenvalue weighted by atomic mass is 10.1. The largest absolute Gasteiger partial charge is 0.333 e. The van der Waals surface area contributed by atoms with Gasteiger partial charge in [0.1, 0.15) is 5.82 Å². The van der Waals surface area contributed by atoms with Crippen LogP contribution in [0, 0.1) is 5.92 Å². The van der Waals surface area contributed by atoms with Crippen LogP contribution in [-0.2, 0) is 13.1 Å². The highest BCUT2D eigenvalue weighted by atomic mass is 32.1. The molecule has 3 heterocycles. The van der Waals surface area contributed by atoms with Crippen LogP contribution in [0.2, 0.25) is 0 Å². The summed E-state index contributed by atoms with van der Waals surface area (Å²) in [6.45, 7) is 7.66. The van der Waals surface area contributed by atoms with Gasteiger partial charge in [0.25, 0.3) is 5.91 Å². The van der Waals surface area contributed by atoms with Gasteiger partial charge in [-0.15, -0.1) is 11.3 Å². The van der Waals surface area contributed by atoms with Gasteiger partial charge in [0, 0.05) is 44.0 Å². The van der Waals surface area contributed by atoms with Crippen molar-refractivity contribution in [3.8, 4) is 0 Å². The average Bonchev–Trinajstić information content (AvgIpc) is 3.15. The Kier molecular flexibility index (Phi) is 4.82. The molecule has 1 aliphatic heterocycles. The van der Waals surface area contributed by atoms with E-state index in [1.807, 2.05) is 34.8 Å². The number of hydrogen-bond acceptors (Lipinski definition) is 4. The Bertz CT molecular complexity index is 649. The minimum atomic E-state index is 0.119. The van der Waals surface area contributed by atoms with Crippen molar-refractivity contribution >= 4 is 17.2 Å². The third-order valence-electron chi connectivity index (χ3n) is 4.51. The highest BCUT2D eigenvalue weighted by Crippen LogP contribution is 2.20. The first-order valence-corrected chi connectivity index (χ1v) is 8.95. The monoisotopic (exact) mass is 332 g/mol. The van der Waals surface area contributed by atoms with Crippen LogP contribution in [0.4, 0.5) is 0 Å². The molecular formula is C17H24N4OS. The molecule has 5 nitrogen and oxygen atoms in total. The van der Waals surface area contributed by atoms with E-state index in [0.717, 1.165) is 30.3 Å². The fraction of sp³-hybridized carbons (Fsp3) is 0.529. The van der Waals surface area contributed by atoms with Crippen molar-refractivity contribution in [2.24, 2.45) is 5.92 Å². The topological polar surface area (TPSA) is 41.4 Å². The minimum absolute atomic E-state index is 0.119. The Morgan fingerprint density at radius 2 is 2.30 bits per heavy atom. The lowest BCUT2D eigenvalue weighted by Gasteiger charge is -2.29. The lowest BCUT2D eigenvalue weighted by Crippen LogP contribution is -2.39. The summed E-state index contributed by atoms with van der Waals surface area (Å²) >= 11 is 1.51. The predicted octanol–water partition coefficient (Wildman–Crippen LogP) is 2.56. The molecule has 0 bridgehead atoms. The summed E-state index contributed by atoms with van der Waals surface area (Å²) in [5.74, 6) is 1.50. The van der Waals surface area contributed by atoms with Crippen LogP contribution >= 0.6 is 11.3 Å². The Hall–Kier alpha value is -1.66. The van der Waals surface area contributed by atoms with E-state index < -0.39 is 0 Å². The number of amides is 1. The molecule has 23 heavy (non-hydrogen) atoms. The van der Waals surface area contributed by atoms with Crippen LogP contribution in [0.15, 0.2) is 29.9 Å². The first kappa shape index (κ1) is 16.2. The van der Waals surface area contributed by atoms with Crippen LogP contribution in [0.3, 0.4) is 0 Å². The number of carbonyl (C=O) groups excluding carboxylic acids is 1. The first-order valence-electron chi connectivity index (χ1n) is 8.07. The fourth-order valence-electron chi connectivity index (χ4n) is 2.99. The standard InChI is InChI=1S/C17H24N4OS/c1-13(2)19(3)9-14-10-20-7-6-18-16(20)12-21(11-14)17(22)15-5-4-8-23-15/h4-8,13-14H,9-12H2,1-3H3. The molecule has 1 amide bonds. The number of carbonyl (C=O) groups is 1. The van der Waals surface area contributed by atoms with Crippen molar-refractivity contribution in [1.82, 2.24) is 19.4 Å². The zero-order valence-corrected chi connectivity index (χ0v) is 14.8. The molecular weight excluding hydrogens is 308 g/mol. The molecule has 2 aromatic heterocycles. The second-order valence-electron chi connectivity index (χ2n) is 6.56. The summed E-state index contributed by atoms with van der Waals surface area (Å²) in [5, 5.41) is 1.95. The van der Waals surface area contributed by atoms with Crippen molar-refractivity contribution in [3.05, 3.63) is 40.6 Å². The molecule has 1 aliphatic rings. The number of fused-ring (bicyclic) bond motifs is 1. The van der Waals surface area contributed by atoms with Crippen molar-refractivity contribution in [3.63, 3.8) is 0 Å². The van der Waals surface area contributed by atoms with Gasteiger partial charge >= 0.3 is 0 Å². The molecule has 0 aliphatic carbocycles. The number of hydrogen-bond donors (Lipinski definition) is 0. The van der Waals surface area contributed by atoms with Gasteiger partial charge in [0.2, 0.25) is 0 Å². The van der Waals surface area contributed by atoms with Crippen LogP contribution in [-0.4, -0.2) is 51.4 Å².